The van der Waals surface area contributed by atoms with Gasteiger partial charge in [-0.2, -0.15) is 4.37 Å². The Bertz CT molecular complexity index is 336. The molecule has 90 valence electrons. The fourth-order valence-corrected chi connectivity index (χ4v) is 3.21. The minimum Gasteiger partial charge on any atom is -0.381 e. The van der Waals surface area contributed by atoms with E-state index in [1.54, 1.807) is 11.5 Å². The number of aromatic nitrogens is 1. The normalized spacial score (nSPS) is 19.9. The fraction of sp³-hybridized carbons (Fsp3) is 0.727. The zero-order valence-corrected chi connectivity index (χ0v) is 11.9. The van der Waals surface area contributed by atoms with Gasteiger partial charge in [0.25, 0.3) is 0 Å². The van der Waals surface area contributed by atoms with Crippen molar-refractivity contribution in [2.24, 2.45) is 0 Å². The highest BCUT2D eigenvalue weighted by Gasteiger charge is 2.30. The highest BCUT2D eigenvalue weighted by molar-refractivity contribution is 9.10. The lowest BCUT2D eigenvalue weighted by Crippen LogP contribution is -2.48. The largest absolute Gasteiger partial charge is 0.381 e. The third-order valence-corrected chi connectivity index (χ3v) is 5.09. The van der Waals surface area contributed by atoms with E-state index in [9.17, 15) is 0 Å². The van der Waals surface area contributed by atoms with Crippen LogP contribution in [-0.4, -0.2) is 23.1 Å². The molecular formula is C11H17BrN2OS. The van der Waals surface area contributed by atoms with Gasteiger partial charge in [-0.15, -0.1) is 0 Å². The van der Waals surface area contributed by atoms with Gasteiger partial charge in [0.1, 0.15) is 0 Å². The predicted octanol–water partition coefficient (Wildman–Crippen LogP) is 2.95. The quantitative estimate of drug-likeness (QED) is 0.928. The molecule has 0 saturated carbocycles. The van der Waals surface area contributed by atoms with Gasteiger partial charge in [0.2, 0.25) is 0 Å². The van der Waals surface area contributed by atoms with Crippen molar-refractivity contribution in [3.8, 4) is 0 Å². The Morgan fingerprint density at radius 1 is 1.56 bits per heavy atom. The Morgan fingerprint density at radius 3 is 2.88 bits per heavy atom. The Hall–Kier alpha value is 0.0300. The van der Waals surface area contributed by atoms with E-state index in [1.165, 1.54) is 4.88 Å². The summed E-state index contributed by atoms with van der Waals surface area (Å²) in [4.78, 5) is 1.28. The van der Waals surface area contributed by atoms with Gasteiger partial charge < -0.3 is 10.1 Å². The maximum absolute atomic E-state index is 5.43. The Morgan fingerprint density at radius 2 is 2.31 bits per heavy atom. The Labute approximate surface area is 109 Å². The van der Waals surface area contributed by atoms with Gasteiger partial charge >= 0.3 is 0 Å². The minimum absolute atomic E-state index is 0.266. The summed E-state index contributed by atoms with van der Waals surface area (Å²) in [5, 5.41) is 3.69. The summed E-state index contributed by atoms with van der Waals surface area (Å²) >= 11 is 5.07. The monoisotopic (exact) mass is 304 g/mol. The molecule has 1 saturated heterocycles. The van der Waals surface area contributed by atoms with Crippen molar-refractivity contribution in [3.05, 3.63) is 15.5 Å². The van der Waals surface area contributed by atoms with Crippen LogP contribution in [0.5, 0.6) is 0 Å². The lowest BCUT2D eigenvalue weighted by Gasteiger charge is -2.37. The van der Waals surface area contributed by atoms with Crippen molar-refractivity contribution in [1.29, 1.82) is 0 Å². The molecule has 5 heteroatoms. The molecule has 3 nitrogen and oxygen atoms in total. The molecule has 2 rings (SSSR count). The molecule has 2 heterocycles. The first kappa shape index (κ1) is 12.5. The maximum Gasteiger partial charge on any atom is 0.0552 e. The number of nitrogens with zero attached hydrogens (tertiary/aromatic N) is 1. The van der Waals surface area contributed by atoms with E-state index in [0.717, 1.165) is 43.5 Å². The van der Waals surface area contributed by atoms with Crippen molar-refractivity contribution >= 4 is 27.5 Å². The number of hydrogen-bond donors (Lipinski definition) is 1. The number of ether oxygens (including phenoxy) is 1. The van der Waals surface area contributed by atoms with Crippen LogP contribution in [0.25, 0.3) is 0 Å². The van der Waals surface area contributed by atoms with Gasteiger partial charge in [0, 0.05) is 25.3 Å². The van der Waals surface area contributed by atoms with Crippen LogP contribution in [0.1, 0.15) is 31.1 Å². The second kappa shape index (κ2) is 5.58. The molecule has 0 spiro atoms. The summed E-state index contributed by atoms with van der Waals surface area (Å²) < 4.78 is 10.7. The third-order valence-electron chi connectivity index (χ3n) is 3.35. The first-order valence-corrected chi connectivity index (χ1v) is 7.24. The Kier molecular flexibility index (Phi) is 4.35. The van der Waals surface area contributed by atoms with E-state index in [1.807, 2.05) is 6.20 Å². The molecule has 1 aromatic heterocycles. The molecule has 0 aliphatic carbocycles. The van der Waals surface area contributed by atoms with Crippen molar-refractivity contribution in [1.82, 2.24) is 9.69 Å². The van der Waals surface area contributed by atoms with Gasteiger partial charge in [-0.25, -0.2) is 0 Å². The van der Waals surface area contributed by atoms with Crippen LogP contribution >= 0.6 is 27.5 Å². The molecule has 0 aromatic carbocycles. The van der Waals surface area contributed by atoms with E-state index in [2.05, 4.69) is 32.5 Å². The lowest BCUT2D eigenvalue weighted by atomic mass is 9.87. The first-order chi connectivity index (χ1) is 7.76. The van der Waals surface area contributed by atoms with Crippen LogP contribution in [0.2, 0.25) is 0 Å². The van der Waals surface area contributed by atoms with Crippen molar-refractivity contribution in [2.75, 3.05) is 13.2 Å². The minimum atomic E-state index is 0.266. The van der Waals surface area contributed by atoms with E-state index >= 15 is 0 Å². The van der Waals surface area contributed by atoms with E-state index in [0.29, 0.717) is 0 Å². The van der Waals surface area contributed by atoms with Gasteiger partial charge in [-0.05, 0) is 46.7 Å². The fourth-order valence-electron chi connectivity index (χ4n) is 2.05. The molecule has 0 unspecified atom stereocenters. The molecular weight excluding hydrogens is 288 g/mol. The molecule has 0 amide bonds. The van der Waals surface area contributed by atoms with E-state index < -0.39 is 0 Å². The maximum atomic E-state index is 5.43. The van der Waals surface area contributed by atoms with E-state index in [4.69, 9.17) is 4.74 Å². The second-order valence-electron chi connectivity index (χ2n) is 4.20. The summed E-state index contributed by atoms with van der Waals surface area (Å²) in [6.45, 7) is 4.91. The lowest BCUT2D eigenvalue weighted by molar-refractivity contribution is 0.0358. The molecule has 1 aliphatic rings. The van der Waals surface area contributed by atoms with Crippen LogP contribution < -0.4 is 5.32 Å². The highest BCUT2D eigenvalue weighted by atomic mass is 79.9. The Balaban J connectivity index is 1.94. The first-order valence-electron chi connectivity index (χ1n) is 5.67. The van der Waals surface area contributed by atoms with Gasteiger partial charge in [0.15, 0.2) is 0 Å². The summed E-state index contributed by atoms with van der Waals surface area (Å²) in [6, 6.07) is 0. The molecule has 1 fully saturated rings. The number of halogens is 1. The summed E-state index contributed by atoms with van der Waals surface area (Å²) in [7, 11) is 0. The zero-order chi connectivity index (χ0) is 11.4. The van der Waals surface area contributed by atoms with Gasteiger partial charge in [-0.1, -0.05) is 6.92 Å². The summed E-state index contributed by atoms with van der Waals surface area (Å²) in [5.74, 6) is 0. The molecule has 0 atom stereocenters. The van der Waals surface area contributed by atoms with Crippen molar-refractivity contribution in [2.45, 2.75) is 38.3 Å². The topological polar surface area (TPSA) is 34.2 Å². The van der Waals surface area contributed by atoms with Crippen LogP contribution in [0, 0.1) is 0 Å². The van der Waals surface area contributed by atoms with Crippen molar-refractivity contribution in [3.63, 3.8) is 0 Å². The highest BCUT2D eigenvalue weighted by Crippen LogP contribution is 2.26. The van der Waals surface area contributed by atoms with Crippen LogP contribution in [0.15, 0.2) is 10.7 Å². The number of rotatable bonds is 4. The average Bonchev–Trinajstić information content (AvgIpc) is 2.74. The zero-order valence-electron chi connectivity index (χ0n) is 9.46. The molecule has 1 N–H and O–H groups in total. The van der Waals surface area contributed by atoms with Crippen LogP contribution in [0.4, 0.5) is 0 Å². The summed E-state index contributed by atoms with van der Waals surface area (Å²) in [5.41, 5.74) is 0.266. The third kappa shape index (κ3) is 2.83. The average molecular weight is 305 g/mol. The van der Waals surface area contributed by atoms with Gasteiger partial charge in [0.05, 0.1) is 15.5 Å². The summed E-state index contributed by atoms with van der Waals surface area (Å²) in [6.07, 6.45) is 5.25. The molecule has 0 bridgehead atoms. The molecule has 0 radical (unpaired) electrons. The van der Waals surface area contributed by atoms with Gasteiger partial charge in [-0.3, -0.25) is 0 Å². The SMILES string of the molecule is CCC1(NCc2sncc2Br)CCOCC1. The number of hydrogen-bond acceptors (Lipinski definition) is 4. The van der Waals surface area contributed by atoms with Crippen LogP contribution in [0.3, 0.4) is 0 Å². The smallest absolute Gasteiger partial charge is 0.0552 e. The molecule has 1 aromatic rings. The molecule has 1 aliphatic heterocycles. The van der Waals surface area contributed by atoms with Crippen molar-refractivity contribution < 1.29 is 4.74 Å². The van der Waals surface area contributed by atoms with Crippen LogP contribution in [-0.2, 0) is 11.3 Å². The second-order valence-corrected chi connectivity index (χ2v) is 5.94. The predicted molar refractivity (Wildman–Crippen MR) is 69.7 cm³/mol. The van der Waals surface area contributed by atoms with E-state index in [-0.39, 0.29) is 5.54 Å². The number of nitrogens with one attached hydrogen (secondary N) is 1. The standard InChI is InChI=1S/C11H17BrN2OS/c1-2-11(3-5-15-6-4-11)13-8-10-9(12)7-14-16-10/h7,13H,2-6,8H2,1H3. The molecule has 16 heavy (non-hydrogen) atoms.